The third-order valence-corrected chi connectivity index (χ3v) is 2.96. The molecule has 0 bridgehead atoms. The van der Waals surface area contributed by atoms with Crippen LogP contribution in [-0.2, 0) is 4.79 Å². The Morgan fingerprint density at radius 1 is 1.50 bits per heavy atom. The van der Waals surface area contributed by atoms with Gasteiger partial charge in [0.2, 0.25) is 5.91 Å². The van der Waals surface area contributed by atoms with E-state index in [0.29, 0.717) is 10.2 Å². The van der Waals surface area contributed by atoms with Crippen molar-refractivity contribution in [2.24, 2.45) is 0 Å². The van der Waals surface area contributed by atoms with Gasteiger partial charge < -0.3 is 10.2 Å². The number of carbonyl (C=O) groups is 1. The van der Waals surface area contributed by atoms with E-state index in [0.717, 1.165) is 5.56 Å². The molecular weight excluding hydrogens is 275 g/mol. The predicted molar refractivity (Wildman–Crippen MR) is 66.0 cm³/mol. The van der Waals surface area contributed by atoms with Gasteiger partial charge in [-0.2, -0.15) is 0 Å². The molecule has 0 saturated heterocycles. The molecule has 16 heavy (non-hydrogen) atoms. The molecule has 0 saturated carbocycles. The lowest BCUT2D eigenvalue weighted by molar-refractivity contribution is -0.116. The van der Waals surface area contributed by atoms with E-state index < -0.39 is 0 Å². The highest BCUT2D eigenvalue weighted by Gasteiger charge is 2.08. The molecule has 5 heteroatoms. The highest BCUT2D eigenvalue weighted by molar-refractivity contribution is 9.10. The van der Waals surface area contributed by atoms with Crippen LogP contribution < -0.4 is 5.32 Å². The molecule has 1 rings (SSSR count). The van der Waals surface area contributed by atoms with Gasteiger partial charge in [-0.3, -0.25) is 4.79 Å². The Hall–Kier alpha value is -0.940. The minimum Gasteiger partial charge on any atom is -0.325 e. The van der Waals surface area contributed by atoms with Crippen LogP contribution in [0.2, 0.25) is 0 Å². The van der Waals surface area contributed by atoms with Gasteiger partial charge in [-0.05, 0) is 54.6 Å². The van der Waals surface area contributed by atoms with Crippen molar-refractivity contribution in [3.63, 3.8) is 0 Å². The zero-order chi connectivity index (χ0) is 12.3. The van der Waals surface area contributed by atoms with Crippen LogP contribution in [0.4, 0.5) is 10.1 Å². The topological polar surface area (TPSA) is 32.3 Å². The van der Waals surface area contributed by atoms with Gasteiger partial charge in [0.05, 0.1) is 11.0 Å². The molecule has 0 fully saturated rings. The van der Waals surface area contributed by atoms with Gasteiger partial charge in [0, 0.05) is 5.69 Å². The smallest absolute Gasteiger partial charge is 0.238 e. The summed E-state index contributed by atoms with van der Waals surface area (Å²) in [6.07, 6.45) is 0. The normalized spacial score (nSPS) is 10.6. The fourth-order valence-electron chi connectivity index (χ4n) is 1.29. The van der Waals surface area contributed by atoms with Crippen LogP contribution in [0, 0.1) is 12.7 Å². The van der Waals surface area contributed by atoms with Crippen molar-refractivity contribution in [2.45, 2.75) is 6.92 Å². The van der Waals surface area contributed by atoms with Crippen LogP contribution in [0.5, 0.6) is 0 Å². The lowest BCUT2D eigenvalue weighted by Gasteiger charge is -2.11. The summed E-state index contributed by atoms with van der Waals surface area (Å²) in [5.41, 5.74) is 1.23. The number of amides is 1. The number of hydrogen-bond donors (Lipinski definition) is 1. The molecule has 1 aromatic rings. The van der Waals surface area contributed by atoms with Gasteiger partial charge in [-0.15, -0.1) is 0 Å². The molecule has 0 unspecified atom stereocenters. The van der Waals surface area contributed by atoms with E-state index in [2.05, 4.69) is 21.2 Å². The average Bonchev–Trinajstić information content (AvgIpc) is 2.12. The van der Waals surface area contributed by atoms with Gasteiger partial charge in [0.15, 0.2) is 0 Å². The number of nitrogens with zero attached hydrogens (tertiary/aromatic N) is 1. The van der Waals surface area contributed by atoms with Crippen LogP contribution in [0.3, 0.4) is 0 Å². The van der Waals surface area contributed by atoms with Crippen molar-refractivity contribution in [1.29, 1.82) is 0 Å². The van der Waals surface area contributed by atoms with Crippen molar-refractivity contribution in [2.75, 3.05) is 26.0 Å². The Labute approximate surface area is 103 Å². The minimum atomic E-state index is -0.375. The van der Waals surface area contributed by atoms with Crippen molar-refractivity contribution >= 4 is 27.5 Å². The van der Waals surface area contributed by atoms with Crippen LogP contribution in [0.25, 0.3) is 0 Å². The van der Waals surface area contributed by atoms with Gasteiger partial charge in [-0.25, -0.2) is 4.39 Å². The largest absolute Gasteiger partial charge is 0.325 e. The molecule has 1 amide bonds. The molecule has 0 atom stereocenters. The second-order valence-electron chi connectivity index (χ2n) is 3.87. The molecule has 1 aromatic carbocycles. The highest BCUT2D eigenvalue weighted by atomic mass is 79.9. The van der Waals surface area contributed by atoms with E-state index in [9.17, 15) is 9.18 Å². The molecule has 0 heterocycles. The third-order valence-electron chi connectivity index (χ3n) is 1.95. The standard InChI is InChI=1S/C11H14BrFN2O/c1-7-4-8(5-9(13)11(7)12)14-10(16)6-15(2)3/h4-5H,6H2,1-3H3,(H,14,16). The zero-order valence-corrected chi connectivity index (χ0v) is 11.1. The first-order chi connectivity index (χ1) is 7.40. The number of aryl methyl sites for hydroxylation is 1. The molecule has 0 aliphatic rings. The Bertz CT molecular complexity index is 384. The maximum Gasteiger partial charge on any atom is 0.238 e. The van der Waals surface area contributed by atoms with Crippen LogP contribution >= 0.6 is 15.9 Å². The first kappa shape index (κ1) is 13.1. The maximum absolute atomic E-state index is 13.3. The summed E-state index contributed by atoms with van der Waals surface area (Å²) in [6.45, 7) is 2.05. The highest BCUT2D eigenvalue weighted by Crippen LogP contribution is 2.24. The number of rotatable bonds is 3. The number of halogens is 2. The summed E-state index contributed by atoms with van der Waals surface area (Å²) in [6, 6.07) is 3.02. The molecule has 0 aliphatic heterocycles. The Balaban J connectivity index is 2.79. The van der Waals surface area contributed by atoms with E-state index in [1.54, 1.807) is 32.0 Å². The summed E-state index contributed by atoms with van der Waals surface area (Å²) >= 11 is 3.12. The van der Waals surface area contributed by atoms with Gasteiger partial charge in [0.25, 0.3) is 0 Å². The molecule has 0 spiro atoms. The second kappa shape index (κ2) is 5.41. The third kappa shape index (κ3) is 3.57. The van der Waals surface area contributed by atoms with Crippen LogP contribution in [0.1, 0.15) is 5.56 Å². The van der Waals surface area contributed by atoms with E-state index in [1.807, 2.05) is 0 Å². The Morgan fingerprint density at radius 2 is 2.12 bits per heavy atom. The van der Waals surface area contributed by atoms with Crippen LogP contribution in [-0.4, -0.2) is 31.4 Å². The Morgan fingerprint density at radius 3 is 2.62 bits per heavy atom. The monoisotopic (exact) mass is 288 g/mol. The molecule has 1 N–H and O–H groups in total. The first-order valence-electron chi connectivity index (χ1n) is 4.80. The van der Waals surface area contributed by atoms with Gasteiger partial charge in [0.1, 0.15) is 5.82 Å². The van der Waals surface area contributed by atoms with Crippen molar-refractivity contribution in [1.82, 2.24) is 4.90 Å². The van der Waals surface area contributed by atoms with E-state index in [-0.39, 0.29) is 18.3 Å². The fraction of sp³-hybridized carbons (Fsp3) is 0.364. The van der Waals surface area contributed by atoms with E-state index in [1.165, 1.54) is 6.07 Å². The summed E-state index contributed by atoms with van der Waals surface area (Å²) < 4.78 is 13.8. The molecule has 3 nitrogen and oxygen atoms in total. The van der Waals surface area contributed by atoms with Crippen molar-refractivity contribution in [3.05, 3.63) is 28.0 Å². The summed E-state index contributed by atoms with van der Waals surface area (Å²) in [7, 11) is 3.60. The van der Waals surface area contributed by atoms with Crippen LogP contribution in [0.15, 0.2) is 16.6 Å². The average molecular weight is 289 g/mol. The fourth-order valence-corrected chi connectivity index (χ4v) is 1.52. The number of likely N-dealkylation sites (N-methyl/N-ethyl adjacent to an activating group) is 1. The molecule has 0 aliphatic carbocycles. The van der Waals surface area contributed by atoms with E-state index >= 15 is 0 Å². The summed E-state index contributed by atoms with van der Waals surface area (Å²) in [5.74, 6) is -0.536. The molecule has 0 aromatic heterocycles. The summed E-state index contributed by atoms with van der Waals surface area (Å²) in [4.78, 5) is 13.2. The van der Waals surface area contributed by atoms with Crippen molar-refractivity contribution in [3.8, 4) is 0 Å². The van der Waals surface area contributed by atoms with Gasteiger partial charge in [-0.1, -0.05) is 0 Å². The minimum absolute atomic E-state index is 0.161. The quantitative estimate of drug-likeness (QED) is 0.926. The number of benzene rings is 1. The number of anilines is 1. The summed E-state index contributed by atoms with van der Waals surface area (Å²) in [5, 5.41) is 2.64. The zero-order valence-electron chi connectivity index (χ0n) is 9.47. The lowest BCUT2D eigenvalue weighted by atomic mass is 10.2. The predicted octanol–water partition coefficient (Wildman–Crippen LogP) is 2.40. The number of nitrogens with one attached hydrogen (secondary N) is 1. The van der Waals surface area contributed by atoms with Crippen molar-refractivity contribution < 1.29 is 9.18 Å². The molecular formula is C11H14BrFN2O. The lowest BCUT2D eigenvalue weighted by Crippen LogP contribution is -2.27. The first-order valence-corrected chi connectivity index (χ1v) is 5.59. The number of hydrogen-bond acceptors (Lipinski definition) is 2. The van der Waals surface area contributed by atoms with E-state index in [4.69, 9.17) is 0 Å². The second-order valence-corrected chi connectivity index (χ2v) is 4.67. The SMILES string of the molecule is Cc1cc(NC(=O)CN(C)C)cc(F)c1Br. The Kier molecular flexibility index (Phi) is 4.44. The molecule has 88 valence electrons. The number of carbonyl (C=O) groups excluding carboxylic acids is 1. The van der Waals surface area contributed by atoms with Gasteiger partial charge >= 0.3 is 0 Å². The molecule has 0 radical (unpaired) electrons. The maximum atomic E-state index is 13.3.